The lowest BCUT2D eigenvalue weighted by atomic mass is 10.0. The van der Waals surface area contributed by atoms with Gasteiger partial charge in [-0.25, -0.2) is 0 Å². The van der Waals surface area contributed by atoms with E-state index >= 15 is 0 Å². The number of nitrogens with zero attached hydrogens (tertiary/aromatic N) is 1. The van der Waals surface area contributed by atoms with Gasteiger partial charge >= 0.3 is 0 Å². The Bertz CT molecular complexity index is 403. The van der Waals surface area contributed by atoms with Crippen LogP contribution in [0.25, 0.3) is 0 Å². The summed E-state index contributed by atoms with van der Waals surface area (Å²) in [5.74, 6) is 0.116. The van der Waals surface area contributed by atoms with Crippen molar-refractivity contribution >= 4 is 5.91 Å². The van der Waals surface area contributed by atoms with Gasteiger partial charge in [0.15, 0.2) is 0 Å². The minimum atomic E-state index is -0.277. The highest BCUT2D eigenvalue weighted by Gasteiger charge is 2.24. The number of nitrogens with two attached hydrogens (primary N) is 1. The summed E-state index contributed by atoms with van der Waals surface area (Å²) in [6.07, 6.45) is 2.78. The normalized spacial score (nSPS) is 20.7. The second-order valence-electron chi connectivity index (χ2n) is 4.75. The Balaban J connectivity index is 1.94. The summed E-state index contributed by atoms with van der Waals surface area (Å²) in [5.41, 5.74) is 8.39. The molecule has 0 aromatic heterocycles. The summed E-state index contributed by atoms with van der Waals surface area (Å²) in [5, 5.41) is 0. The molecule has 1 aliphatic heterocycles. The molecule has 1 aromatic carbocycles. The lowest BCUT2D eigenvalue weighted by Crippen LogP contribution is -2.48. The van der Waals surface area contributed by atoms with Gasteiger partial charge in [0.1, 0.15) is 0 Å². The largest absolute Gasteiger partial charge is 0.341 e. The summed E-state index contributed by atoms with van der Waals surface area (Å²) < 4.78 is 0. The molecule has 3 nitrogen and oxygen atoms in total. The first kappa shape index (κ1) is 12.1. The summed E-state index contributed by atoms with van der Waals surface area (Å²) >= 11 is 0. The zero-order valence-corrected chi connectivity index (χ0v) is 10.4. The van der Waals surface area contributed by atoms with Crippen molar-refractivity contribution in [1.29, 1.82) is 0 Å². The molecule has 17 heavy (non-hydrogen) atoms. The van der Waals surface area contributed by atoms with Crippen LogP contribution in [0.5, 0.6) is 0 Å². The van der Waals surface area contributed by atoms with Crippen molar-refractivity contribution < 1.29 is 4.79 Å². The van der Waals surface area contributed by atoms with Crippen LogP contribution in [0.1, 0.15) is 24.0 Å². The molecule has 0 aliphatic carbocycles. The number of carbonyl (C=O) groups excluding carboxylic acids is 1. The number of hydrogen-bond donors (Lipinski definition) is 1. The molecule has 92 valence electrons. The summed E-state index contributed by atoms with van der Waals surface area (Å²) in [6, 6.07) is 8.05. The van der Waals surface area contributed by atoms with E-state index < -0.39 is 0 Å². The highest BCUT2D eigenvalue weighted by molar-refractivity contribution is 5.82. The summed E-state index contributed by atoms with van der Waals surface area (Å²) in [6.45, 7) is 3.76. The molecule has 1 aromatic rings. The number of aryl methyl sites for hydroxylation is 1. The summed E-state index contributed by atoms with van der Waals surface area (Å²) in [4.78, 5) is 13.7. The second kappa shape index (κ2) is 5.32. The van der Waals surface area contributed by atoms with Gasteiger partial charge in [0.05, 0.1) is 6.04 Å². The minimum absolute atomic E-state index is 0.116. The van der Waals surface area contributed by atoms with Crippen LogP contribution in [0.3, 0.4) is 0 Å². The SMILES string of the molecule is Cc1ccccc1CCN1CCCC(N)C1=O. The monoisotopic (exact) mass is 232 g/mol. The Morgan fingerprint density at radius 3 is 2.94 bits per heavy atom. The van der Waals surface area contributed by atoms with Gasteiger partial charge in [-0.1, -0.05) is 24.3 Å². The van der Waals surface area contributed by atoms with Gasteiger partial charge in [0, 0.05) is 13.1 Å². The molecule has 2 rings (SSSR count). The Labute approximate surface area is 103 Å². The Morgan fingerprint density at radius 1 is 1.41 bits per heavy atom. The minimum Gasteiger partial charge on any atom is -0.341 e. The van der Waals surface area contributed by atoms with Crippen molar-refractivity contribution in [3.63, 3.8) is 0 Å². The third kappa shape index (κ3) is 2.86. The highest BCUT2D eigenvalue weighted by atomic mass is 16.2. The molecule has 3 heteroatoms. The maximum atomic E-state index is 11.8. The molecule has 0 radical (unpaired) electrons. The summed E-state index contributed by atoms with van der Waals surface area (Å²) in [7, 11) is 0. The molecule has 1 fully saturated rings. The van der Waals surface area contributed by atoms with Crippen LogP contribution in [0.2, 0.25) is 0 Å². The van der Waals surface area contributed by atoms with Crippen LogP contribution in [0, 0.1) is 6.92 Å². The van der Waals surface area contributed by atoms with Gasteiger partial charge in [-0.05, 0) is 37.3 Å². The van der Waals surface area contributed by atoms with Gasteiger partial charge in [0.25, 0.3) is 0 Å². The fourth-order valence-electron chi connectivity index (χ4n) is 2.34. The first-order valence-corrected chi connectivity index (χ1v) is 6.27. The Morgan fingerprint density at radius 2 is 2.18 bits per heavy atom. The van der Waals surface area contributed by atoms with E-state index in [0.29, 0.717) is 0 Å². The van der Waals surface area contributed by atoms with Gasteiger partial charge in [-0.3, -0.25) is 4.79 Å². The van der Waals surface area contributed by atoms with E-state index in [4.69, 9.17) is 5.73 Å². The fourth-order valence-corrected chi connectivity index (χ4v) is 2.34. The van der Waals surface area contributed by atoms with Crippen molar-refractivity contribution in [2.75, 3.05) is 13.1 Å². The van der Waals surface area contributed by atoms with Crippen LogP contribution in [0.15, 0.2) is 24.3 Å². The molecule has 1 atom stereocenters. The van der Waals surface area contributed by atoms with Gasteiger partial charge < -0.3 is 10.6 Å². The molecule has 1 amide bonds. The van der Waals surface area contributed by atoms with Crippen molar-refractivity contribution in [2.24, 2.45) is 5.73 Å². The second-order valence-corrected chi connectivity index (χ2v) is 4.75. The predicted octanol–water partition coefficient (Wildman–Crippen LogP) is 1.49. The molecule has 0 bridgehead atoms. The third-order valence-electron chi connectivity index (χ3n) is 3.48. The first-order chi connectivity index (χ1) is 8.18. The van der Waals surface area contributed by atoms with Gasteiger partial charge in [-0.2, -0.15) is 0 Å². The van der Waals surface area contributed by atoms with E-state index in [0.717, 1.165) is 32.4 Å². The van der Waals surface area contributed by atoms with Gasteiger partial charge in [0.2, 0.25) is 5.91 Å². The number of amides is 1. The van der Waals surface area contributed by atoms with E-state index in [1.54, 1.807) is 0 Å². The zero-order chi connectivity index (χ0) is 12.3. The van der Waals surface area contributed by atoms with Crippen LogP contribution >= 0.6 is 0 Å². The van der Waals surface area contributed by atoms with E-state index in [2.05, 4.69) is 19.1 Å². The zero-order valence-electron chi connectivity index (χ0n) is 10.4. The van der Waals surface area contributed by atoms with Crippen LogP contribution in [0.4, 0.5) is 0 Å². The molecule has 1 unspecified atom stereocenters. The molecule has 1 saturated heterocycles. The predicted molar refractivity (Wildman–Crippen MR) is 68.7 cm³/mol. The first-order valence-electron chi connectivity index (χ1n) is 6.27. The number of rotatable bonds is 3. The van der Waals surface area contributed by atoms with Crippen LogP contribution in [-0.2, 0) is 11.2 Å². The number of hydrogen-bond acceptors (Lipinski definition) is 2. The fraction of sp³-hybridized carbons (Fsp3) is 0.500. The quantitative estimate of drug-likeness (QED) is 0.858. The lowest BCUT2D eigenvalue weighted by molar-refractivity contribution is -0.134. The number of likely N-dealkylation sites (tertiary alicyclic amines) is 1. The van der Waals surface area contributed by atoms with Crippen LogP contribution in [-0.4, -0.2) is 29.9 Å². The lowest BCUT2D eigenvalue weighted by Gasteiger charge is -2.30. The molecular weight excluding hydrogens is 212 g/mol. The average molecular weight is 232 g/mol. The molecular formula is C14H20N2O. The molecule has 0 saturated carbocycles. The van der Waals surface area contributed by atoms with E-state index in [1.165, 1.54) is 11.1 Å². The molecule has 1 aliphatic rings. The van der Waals surface area contributed by atoms with Gasteiger partial charge in [-0.15, -0.1) is 0 Å². The smallest absolute Gasteiger partial charge is 0.239 e. The Kier molecular flexibility index (Phi) is 3.79. The van der Waals surface area contributed by atoms with Crippen molar-refractivity contribution in [2.45, 2.75) is 32.2 Å². The van der Waals surface area contributed by atoms with E-state index in [-0.39, 0.29) is 11.9 Å². The topological polar surface area (TPSA) is 46.3 Å². The maximum Gasteiger partial charge on any atom is 0.239 e. The van der Waals surface area contributed by atoms with Crippen molar-refractivity contribution in [3.8, 4) is 0 Å². The number of piperidine rings is 1. The number of carbonyl (C=O) groups is 1. The van der Waals surface area contributed by atoms with Crippen molar-refractivity contribution in [3.05, 3.63) is 35.4 Å². The average Bonchev–Trinajstić information content (AvgIpc) is 2.33. The molecule has 2 N–H and O–H groups in total. The third-order valence-corrected chi connectivity index (χ3v) is 3.48. The molecule has 1 heterocycles. The number of benzene rings is 1. The molecule has 0 spiro atoms. The van der Waals surface area contributed by atoms with Crippen molar-refractivity contribution in [1.82, 2.24) is 4.90 Å². The standard InChI is InChI=1S/C14H20N2O/c1-11-5-2-3-6-12(11)8-10-16-9-4-7-13(15)14(16)17/h2-3,5-6,13H,4,7-10,15H2,1H3. The van der Waals surface area contributed by atoms with Crippen LogP contribution < -0.4 is 5.73 Å². The van der Waals surface area contributed by atoms with E-state index in [1.807, 2.05) is 17.0 Å². The maximum absolute atomic E-state index is 11.8. The highest BCUT2D eigenvalue weighted by Crippen LogP contribution is 2.13. The van der Waals surface area contributed by atoms with E-state index in [9.17, 15) is 4.79 Å². The Hall–Kier alpha value is -1.35.